The molecule has 0 aliphatic carbocycles. The van der Waals surface area contributed by atoms with Crippen molar-refractivity contribution < 1.29 is 9.59 Å². The van der Waals surface area contributed by atoms with Crippen molar-refractivity contribution in [3.8, 4) is 6.07 Å². The van der Waals surface area contributed by atoms with Crippen LogP contribution in [0, 0.1) is 11.3 Å². The monoisotopic (exact) mass is 251 g/mol. The number of carbonyl (C=O) groups is 2. The minimum absolute atomic E-state index is 0.271. The lowest BCUT2D eigenvalue weighted by molar-refractivity contribution is -0.117. The molecule has 0 radical (unpaired) electrons. The predicted molar refractivity (Wildman–Crippen MR) is 63.8 cm³/mol. The molecule has 1 aromatic carbocycles. The molecule has 1 aromatic rings. The van der Waals surface area contributed by atoms with Crippen LogP contribution < -0.4 is 10.2 Å². The third-order valence-electron chi connectivity index (χ3n) is 2.06. The molecule has 1 N–H and O–H groups in total. The number of urea groups is 1. The molecule has 88 valence electrons. The second-order valence-corrected chi connectivity index (χ2v) is 3.47. The van der Waals surface area contributed by atoms with E-state index in [2.05, 4.69) is 5.32 Å². The Balaban J connectivity index is 2.75. The van der Waals surface area contributed by atoms with Gasteiger partial charge in [0.25, 0.3) is 0 Å². The van der Waals surface area contributed by atoms with E-state index >= 15 is 0 Å². The molecule has 0 spiro atoms. The molecule has 0 saturated heterocycles. The van der Waals surface area contributed by atoms with Crippen molar-refractivity contribution in [2.45, 2.75) is 0 Å². The fraction of sp³-hybridized carbons (Fsp3) is 0.182. The first-order valence-electron chi connectivity index (χ1n) is 4.72. The van der Waals surface area contributed by atoms with Crippen LogP contribution in [0.15, 0.2) is 24.3 Å². The van der Waals surface area contributed by atoms with Crippen LogP contribution in [-0.4, -0.2) is 24.9 Å². The highest BCUT2D eigenvalue weighted by atomic mass is 35.5. The highest BCUT2D eigenvalue weighted by Crippen LogP contribution is 2.13. The first-order valence-corrected chi connectivity index (χ1v) is 5.25. The van der Waals surface area contributed by atoms with Crippen molar-refractivity contribution in [1.82, 2.24) is 5.32 Å². The van der Waals surface area contributed by atoms with Gasteiger partial charge in [-0.25, -0.2) is 4.79 Å². The summed E-state index contributed by atoms with van der Waals surface area (Å²) in [6.45, 7) is 0. The van der Waals surface area contributed by atoms with Gasteiger partial charge in [0, 0.05) is 12.7 Å². The summed E-state index contributed by atoms with van der Waals surface area (Å²) >= 11 is 5.27. The Bertz CT molecular complexity index is 465. The van der Waals surface area contributed by atoms with E-state index in [1.165, 1.54) is 11.9 Å². The maximum absolute atomic E-state index is 11.5. The number of hydrogen-bond acceptors (Lipinski definition) is 3. The van der Waals surface area contributed by atoms with E-state index in [4.69, 9.17) is 16.9 Å². The van der Waals surface area contributed by atoms with E-state index < -0.39 is 11.9 Å². The molecule has 5 nitrogen and oxygen atoms in total. The minimum Gasteiger partial charge on any atom is -0.297 e. The quantitative estimate of drug-likeness (QED) is 0.809. The highest BCUT2D eigenvalue weighted by molar-refractivity contribution is 6.28. The molecule has 0 aliphatic rings. The molecule has 0 heterocycles. The third-order valence-corrected chi connectivity index (χ3v) is 2.30. The largest absolute Gasteiger partial charge is 0.328 e. The van der Waals surface area contributed by atoms with Gasteiger partial charge >= 0.3 is 6.03 Å². The van der Waals surface area contributed by atoms with Crippen LogP contribution in [0.3, 0.4) is 0 Å². The van der Waals surface area contributed by atoms with Gasteiger partial charge in [-0.3, -0.25) is 15.0 Å². The molecule has 0 atom stereocenters. The number of amides is 3. The van der Waals surface area contributed by atoms with Gasteiger partial charge in [0.15, 0.2) is 0 Å². The SMILES string of the molecule is CN(C(=O)NC(=O)CCl)c1ccc(C#N)cc1. The lowest BCUT2D eigenvalue weighted by Crippen LogP contribution is -2.41. The molecule has 0 bridgehead atoms. The van der Waals surface area contributed by atoms with Crippen molar-refractivity contribution in [2.24, 2.45) is 0 Å². The number of carbonyl (C=O) groups excluding carboxylic acids is 2. The van der Waals surface area contributed by atoms with Gasteiger partial charge in [0.1, 0.15) is 5.88 Å². The van der Waals surface area contributed by atoms with Gasteiger partial charge in [-0.15, -0.1) is 11.6 Å². The first kappa shape index (κ1) is 13.0. The summed E-state index contributed by atoms with van der Waals surface area (Å²) in [4.78, 5) is 23.7. The Morgan fingerprint density at radius 1 is 1.41 bits per heavy atom. The number of nitriles is 1. The molecule has 0 aliphatic heterocycles. The fourth-order valence-electron chi connectivity index (χ4n) is 1.11. The van der Waals surface area contributed by atoms with Gasteiger partial charge in [-0.1, -0.05) is 0 Å². The maximum atomic E-state index is 11.5. The maximum Gasteiger partial charge on any atom is 0.328 e. The summed E-state index contributed by atoms with van der Waals surface area (Å²) in [6, 6.07) is 7.80. The molecule has 3 amide bonds. The summed E-state index contributed by atoms with van der Waals surface area (Å²) in [6.07, 6.45) is 0. The number of alkyl halides is 1. The molecular formula is C11H10ClN3O2. The van der Waals surface area contributed by atoms with Crippen molar-refractivity contribution in [3.05, 3.63) is 29.8 Å². The normalized spacial score (nSPS) is 9.24. The number of rotatable bonds is 2. The summed E-state index contributed by atoms with van der Waals surface area (Å²) < 4.78 is 0. The summed E-state index contributed by atoms with van der Waals surface area (Å²) in [5.41, 5.74) is 1.07. The second kappa shape index (κ2) is 5.87. The van der Waals surface area contributed by atoms with Crippen molar-refractivity contribution >= 4 is 29.2 Å². The van der Waals surface area contributed by atoms with Gasteiger partial charge in [-0.05, 0) is 24.3 Å². The fourth-order valence-corrected chi connectivity index (χ4v) is 1.18. The number of imide groups is 1. The van der Waals surface area contributed by atoms with Crippen LogP contribution >= 0.6 is 11.6 Å². The van der Waals surface area contributed by atoms with E-state index in [0.29, 0.717) is 11.3 Å². The molecular weight excluding hydrogens is 242 g/mol. The number of nitrogens with one attached hydrogen (secondary N) is 1. The van der Waals surface area contributed by atoms with E-state index in [9.17, 15) is 9.59 Å². The Labute approximate surface area is 104 Å². The van der Waals surface area contributed by atoms with Crippen LogP contribution in [-0.2, 0) is 4.79 Å². The van der Waals surface area contributed by atoms with E-state index in [-0.39, 0.29) is 5.88 Å². The molecule has 1 rings (SSSR count). The average molecular weight is 252 g/mol. The second-order valence-electron chi connectivity index (χ2n) is 3.20. The third kappa shape index (κ3) is 3.47. The van der Waals surface area contributed by atoms with Crippen LogP contribution in [0.25, 0.3) is 0 Å². The molecule has 0 aromatic heterocycles. The van der Waals surface area contributed by atoms with E-state index in [1.54, 1.807) is 24.3 Å². The Hall–Kier alpha value is -2.06. The number of halogens is 1. The number of hydrogen-bond donors (Lipinski definition) is 1. The standard InChI is InChI=1S/C11H10ClN3O2/c1-15(11(17)14-10(16)6-12)9-4-2-8(7-13)3-5-9/h2-5H,6H2,1H3,(H,14,16,17). The highest BCUT2D eigenvalue weighted by Gasteiger charge is 2.13. The zero-order chi connectivity index (χ0) is 12.8. The topological polar surface area (TPSA) is 73.2 Å². The summed E-state index contributed by atoms with van der Waals surface area (Å²) in [5, 5.41) is 10.7. The minimum atomic E-state index is -0.569. The van der Waals surface area contributed by atoms with Crippen LogP contribution in [0.1, 0.15) is 5.56 Å². The zero-order valence-corrected chi connectivity index (χ0v) is 9.86. The van der Waals surface area contributed by atoms with Gasteiger partial charge < -0.3 is 0 Å². The van der Waals surface area contributed by atoms with Crippen molar-refractivity contribution in [2.75, 3.05) is 17.8 Å². The molecule has 6 heteroatoms. The lowest BCUT2D eigenvalue weighted by Gasteiger charge is -2.16. The number of benzene rings is 1. The predicted octanol–water partition coefficient (Wildman–Crippen LogP) is 1.47. The van der Waals surface area contributed by atoms with E-state index in [1.807, 2.05) is 6.07 Å². The van der Waals surface area contributed by atoms with Crippen molar-refractivity contribution in [3.63, 3.8) is 0 Å². The van der Waals surface area contributed by atoms with Gasteiger partial charge in [0.05, 0.1) is 11.6 Å². The molecule has 17 heavy (non-hydrogen) atoms. The van der Waals surface area contributed by atoms with Crippen molar-refractivity contribution in [1.29, 1.82) is 5.26 Å². The zero-order valence-electron chi connectivity index (χ0n) is 9.11. The van der Waals surface area contributed by atoms with Crippen LogP contribution in [0.5, 0.6) is 0 Å². The summed E-state index contributed by atoms with van der Waals surface area (Å²) in [5.74, 6) is -0.829. The van der Waals surface area contributed by atoms with Gasteiger partial charge in [0.2, 0.25) is 5.91 Å². The molecule has 0 saturated carbocycles. The van der Waals surface area contributed by atoms with Crippen LogP contribution in [0.4, 0.5) is 10.5 Å². The van der Waals surface area contributed by atoms with Crippen LogP contribution in [0.2, 0.25) is 0 Å². The Morgan fingerprint density at radius 2 is 2.00 bits per heavy atom. The summed E-state index contributed by atoms with van der Waals surface area (Å²) in [7, 11) is 1.51. The number of nitrogens with zero attached hydrogens (tertiary/aromatic N) is 2. The average Bonchev–Trinajstić information content (AvgIpc) is 2.37. The molecule has 0 unspecified atom stereocenters. The Kier molecular flexibility index (Phi) is 4.49. The lowest BCUT2D eigenvalue weighted by atomic mass is 10.2. The number of anilines is 1. The molecule has 0 fully saturated rings. The smallest absolute Gasteiger partial charge is 0.297 e. The first-order chi connectivity index (χ1) is 8.08. The Morgan fingerprint density at radius 3 is 2.47 bits per heavy atom. The van der Waals surface area contributed by atoms with Gasteiger partial charge in [-0.2, -0.15) is 5.26 Å². The van der Waals surface area contributed by atoms with E-state index in [0.717, 1.165) is 0 Å².